The Hall–Kier alpha value is -1.08. The highest BCUT2D eigenvalue weighted by atomic mass is 79.9. The molecule has 0 spiro atoms. The number of unbranched alkanes of at least 4 members (excludes halogenated alkanes) is 1. The molecule has 0 heterocycles. The second-order valence-corrected chi connectivity index (χ2v) is 3.85. The fourth-order valence-electron chi connectivity index (χ4n) is 1.06. The lowest BCUT2D eigenvalue weighted by molar-refractivity contribution is 0.293. The number of hydrogen-bond acceptors (Lipinski definition) is 2. The maximum Gasteiger partial charge on any atom is 0.180 e. The van der Waals surface area contributed by atoms with Crippen molar-refractivity contribution in [1.29, 1.82) is 5.26 Å². The molecule has 0 aliphatic carbocycles. The van der Waals surface area contributed by atoms with Crippen molar-refractivity contribution in [2.45, 2.75) is 19.8 Å². The van der Waals surface area contributed by atoms with Crippen LogP contribution in [0.15, 0.2) is 16.6 Å². The van der Waals surface area contributed by atoms with E-state index < -0.39 is 5.82 Å². The molecule has 80 valence electrons. The van der Waals surface area contributed by atoms with Gasteiger partial charge in [-0.2, -0.15) is 5.26 Å². The third-order valence-electron chi connectivity index (χ3n) is 1.92. The summed E-state index contributed by atoms with van der Waals surface area (Å²) in [4.78, 5) is 0. The fourth-order valence-corrected chi connectivity index (χ4v) is 1.47. The normalized spacial score (nSPS) is 9.73. The van der Waals surface area contributed by atoms with Gasteiger partial charge in [0.15, 0.2) is 11.6 Å². The van der Waals surface area contributed by atoms with Crippen LogP contribution in [0.3, 0.4) is 0 Å². The number of nitriles is 1. The summed E-state index contributed by atoms with van der Waals surface area (Å²) in [7, 11) is 0. The molecule has 15 heavy (non-hydrogen) atoms. The van der Waals surface area contributed by atoms with Crippen LogP contribution in [-0.4, -0.2) is 6.61 Å². The Balaban J connectivity index is 2.83. The Morgan fingerprint density at radius 3 is 2.87 bits per heavy atom. The zero-order chi connectivity index (χ0) is 11.3. The van der Waals surface area contributed by atoms with Crippen molar-refractivity contribution in [3.63, 3.8) is 0 Å². The van der Waals surface area contributed by atoms with Gasteiger partial charge in [0.05, 0.1) is 16.6 Å². The van der Waals surface area contributed by atoms with Crippen molar-refractivity contribution in [3.8, 4) is 11.8 Å². The highest BCUT2D eigenvalue weighted by Crippen LogP contribution is 2.28. The first-order valence-corrected chi connectivity index (χ1v) is 5.51. The minimum atomic E-state index is -0.509. The van der Waals surface area contributed by atoms with Crippen LogP contribution in [0.4, 0.5) is 4.39 Å². The van der Waals surface area contributed by atoms with Crippen LogP contribution in [0, 0.1) is 17.1 Å². The number of nitrogens with zero attached hydrogens (tertiary/aromatic N) is 1. The van der Waals surface area contributed by atoms with E-state index in [4.69, 9.17) is 10.00 Å². The second kappa shape index (κ2) is 5.72. The summed E-state index contributed by atoms with van der Waals surface area (Å²) >= 11 is 3.02. The number of rotatable bonds is 4. The molecule has 0 N–H and O–H groups in total. The Labute approximate surface area is 96.8 Å². The molecule has 0 aliphatic rings. The van der Waals surface area contributed by atoms with E-state index in [0.29, 0.717) is 6.61 Å². The van der Waals surface area contributed by atoms with E-state index in [0.717, 1.165) is 12.8 Å². The third kappa shape index (κ3) is 2.93. The van der Waals surface area contributed by atoms with E-state index in [1.54, 1.807) is 0 Å². The van der Waals surface area contributed by atoms with Crippen molar-refractivity contribution in [3.05, 3.63) is 28.0 Å². The van der Waals surface area contributed by atoms with Crippen molar-refractivity contribution < 1.29 is 9.13 Å². The van der Waals surface area contributed by atoms with Crippen LogP contribution in [0.5, 0.6) is 5.75 Å². The summed E-state index contributed by atoms with van der Waals surface area (Å²) in [5.41, 5.74) is 0.273. The summed E-state index contributed by atoms with van der Waals surface area (Å²) in [6, 6.07) is 4.90. The van der Waals surface area contributed by atoms with Gasteiger partial charge in [-0.25, -0.2) is 4.39 Å². The molecular weight excluding hydrogens is 261 g/mol. The smallest absolute Gasteiger partial charge is 0.180 e. The van der Waals surface area contributed by atoms with Gasteiger partial charge in [-0.3, -0.25) is 0 Å². The molecule has 0 aromatic heterocycles. The lowest BCUT2D eigenvalue weighted by Crippen LogP contribution is -1.99. The van der Waals surface area contributed by atoms with Crippen molar-refractivity contribution in [2.24, 2.45) is 0 Å². The lowest BCUT2D eigenvalue weighted by Gasteiger charge is -2.07. The highest BCUT2D eigenvalue weighted by molar-refractivity contribution is 9.10. The molecule has 0 amide bonds. The Kier molecular flexibility index (Phi) is 4.57. The largest absolute Gasteiger partial charge is 0.490 e. The Bertz CT molecular complexity index is 387. The maximum atomic E-state index is 13.6. The first-order valence-electron chi connectivity index (χ1n) is 4.71. The van der Waals surface area contributed by atoms with E-state index >= 15 is 0 Å². The van der Waals surface area contributed by atoms with Gasteiger partial charge in [-0.15, -0.1) is 0 Å². The molecule has 0 aliphatic heterocycles. The fraction of sp³-hybridized carbons (Fsp3) is 0.364. The second-order valence-electron chi connectivity index (χ2n) is 3.05. The molecule has 1 aromatic rings. The molecular formula is C11H11BrFNO. The summed E-state index contributed by atoms with van der Waals surface area (Å²) in [6.07, 6.45) is 1.89. The van der Waals surface area contributed by atoms with Crippen LogP contribution in [0.25, 0.3) is 0 Å². The predicted octanol–water partition coefficient (Wildman–Crippen LogP) is 3.64. The van der Waals surface area contributed by atoms with Gasteiger partial charge in [0.1, 0.15) is 6.07 Å². The minimum Gasteiger partial charge on any atom is -0.490 e. The standard InChI is InChI=1S/C11H11BrFNO/c1-2-3-6-15-9-5-4-8(7-14)10(12)11(9)13/h4-5H,2-3,6H2,1H3. The van der Waals surface area contributed by atoms with Crippen LogP contribution in [0.1, 0.15) is 25.3 Å². The van der Waals surface area contributed by atoms with Gasteiger partial charge >= 0.3 is 0 Å². The topological polar surface area (TPSA) is 33.0 Å². The summed E-state index contributed by atoms with van der Waals surface area (Å²) < 4.78 is 19.0. The zero-order valence-electron chi connectivity index (χ0n) is 8.39. The van der Waals surface area contributed by atoms with E-state index in [1.807, 2.05) is 13.0 Å². The van der Waals surface area contributed by atoms with Crippen LogP contribution < -0.4 is 4.74 Å². The van der Waals surface area contributed by atoms with Crippen molar-refractivity contribution in [2.75, 3.05) is 6.61 Å². The summed E-state index contributed by atoms with van der Waals surface area (Å²) in [5.74, 6) is -0.320. The van der Waals surface area contributed by atoms with E-state index in [-0.39, 0.29) is 15.8 Å². The van der Waals surface area contributed by atoms with Crippen molar-refractivity contribution in [1.82, 2.24) is 0 Å². The van der Waals surface area contributed by atoms with E-state index in [2.05, 4.69) is 15.9 Å². The molecule has 0 atom stereocenters. The molecule has 0 unspecified atom stereocenters. The Morgan fingerprint density at radius 2 is 2.27 bits per heavy atom. The molecule has 0 fully saturated rings. The van der Waals surface area contributed by atoms with Gasteiger partial charge < -0.3 is 4.74 Å². The molecule has 4 heteroatoms. The van der Waals surface area contributed by atoms with Crippen LogP contribution >= 0.6 is 15.9 Å². The zero-order valence-corrected chi connectivity index (χ0v) is 9.97. The molecule has 1 rings (SSSR count). The molecule has 2 nitrogen and oxygen atoms in total. The first-order chi connectivity index (χ1) is 7.20. The van der Waals surface area contributed by atoms with Gasteiger partial charge in [0.25, 0.3) is 0 Å². The average Bonchev–Trinajstić information content (AvgIpc) is 2.25. The highest BCUT2D eigenvalue weighted by Gasteiger charge is 2.11. The number of ether oxygens (including phenoxy) is 1. The molecule has 0 bridgehead atoms. The number of halogens is 2. The summed E-state index contributed by atoms with van der Waals surface area (Å²) in [6.45, 7) is 2.53. The Morgan fingerprint density at radius 1 is 1.53 bits per heavy atom. The molecule has 0 radical (unpaired) electrons. The van der Waals surface area contributed by atoms with Gasteiger partial charge in [-0.05, 0) is 34.5 Å². The quantitative estimate of drug-likeness (QED) is 0.784. The average molecular weight is 272 g/mol. The number of benzene rings is 1. The first kappa shape index (κ1) is 12.0. The molecule has 0 saturated carbocycles. The third-order valence-corrected chi connectivity index (χ3v) is 2.70. The maximum absolute atomic E-state index is 13.6. The lowest BCUT2D eigenvalue weighted by atomic mass is 10.2. The van der Waals surface area contributed by atoms with Gasteiger partial charge in [0.2, 0.25) is 0 Å². The summed E-state index contributed by atoms with van der Waals surface area (Å²) in [5, 5.41) is 8.66. The van der Waals surface area contributed by atoms with E-state index in [1.165, 1.54) is 12.1 Å². The van der Waals surface area contributed by atoms with Crippen LogP contribution in [-0.2, 0) is 0 Å². The SMILES string of the molecule is CCCCOc1ccc(C#N)c(Br)c1F. The van der Waals surface area contributed by atoms with Gasteiger partial charge in [0, 0.05) is 0 Å². The van der Waals surface area contributed by atoms with Crippen molar-refractivity contribution >= 4 is 15.9 Å². The van der Waals surface area contributed by atoms with Crippen LogP contribution in [0.2, 0.25) is 0 Å². The van der Waals surface area contributed by atoms with E-state index in [9.17, 15) is 4.39 Å². The molecule has 1 aromatic carbocycles. The number of hydrogen-bond donors (Lipinski definition) is 0. The predicted molar refractivity (Wildman–Crippen MR) is 59.2 cm³/mol. The monoisotopic (exact) mass is 271 g/mol. The molecule has 0 saturated heterocycles. The van der Waals surface area contributed by atoms with Gasteiger partial charge in [-0.1, -0.05) is 13.3 Å². The minimum absolute atomic E-state index is 0.166.